The number of benzene rings is 2. The van der Waals surface area contributed by atoms with E-state index in [0.717, 1.165) is 60.9 Å². The van der Waals surface area contributed by atoms with Gasteiger partial charge in [0.2, 0.25) is 0 Å². The number of hydrogen-bond donors (Lipinski definition) is 1. The quantitative estimate of drug-likeness (QED) is 0.453. The number of ether oxygens (including phenoxy) is 2. The molecule has 0 spiro atoms. The van der Waals surface area contributed by atoms with Gasteiger partial charge in [0.15, 0.2) is 0 Å². The second-order valence-corrected chi connectivity index (χ2v) is 11.1. The van der Waals surface area contributed by atoms with E-state index in [1.165, 1.54) is 29.4 Å². The van der Waals surface area contributed by atoms with Crippen LogP contribution in [0.1, 0.15) is 41.7 Å². The number of rotatable bonds is 6. The lowest BCUT2D eigenvalue weighted by molar-refractivity contribution is -0.152. The van der Waals surface area contributed by atoms with Crippen LogP contribution in [0, 0.1) is 25.2 Å². The molecule has 2 atom stereocenters. The zero-order valence-electron chi connectivity index (χ0n) is 23.3. The van der Waals surface area contributed by atoms with Gasteiger partial charge in [0.1, 0.15) is 18.2 Å². The number of carbonyl (C=O) groups excluding carboxylic acids is 1. The lowest BCUT2D eigenvalue weighted by Gasteiger charge is -2.25. The van der Waals surface area contributed by atoms with E-state index < -0.39 is 5.41 Å². The fourth-order valence-electron chi connectivity index (χ4n) is 5.97. The minimum Gasteiger partial charge on any atom is -0.488 e. The Morgan fingerprint density at radius 1 is 1.11 bits per heavy atom. The van der Waals surface area contributed by atoms with Crippen LogP contribution in [0.2, 0.25) is 0 Å². The number of methoxy groups -OCH3 is 1. The van der Waals surface area contributed by atoms with Gasteiger partial charge in [-0.3, -0.25) is 4.79 Å². The molecular weight excluding hydrogens is 474 g/mol. The first-order valence-electron chi connectivity index (χ1n) is 13.7. The number of aromatic nitrogens is 1. The maximum atomic E-state index is 12.5. The molecule has 2 aliphatic rings. The summed E-state index contributed by atoms with van der Waals surface area (Å²) >= 11 is 0. The second-order valence-electron chi connectivity index (χ2n) is 11.1. The second kappa shape index (κ2) is 10.8. The maximum Gasteiger partial charge on any atom is 0.313 e. The van der Waals surface area contributed by atoms with Gasteiger partial charge in [-0.25, -0.2) is 4.98 Å². The Morgan fingerprint density at radius 3 is 2.71 bits per heavy atom. The third kappa shape index (κ3) is 5.02. The highest BCUT2D eigenvalue weighted by atomic mass is 16.5. The lowest BCUT2D eigenvalue weighted by Crippen LogP contribution is -2.36. The first kappa shape index (κ1) is 26.2. The molecule has 3 aromatic rings. The van der Waals surface area contributed by atoms with E-state index in [0.29, 0.717) is 13.2 Å². The third-order valence-corrected chi connectivity index (χ3v) is 8.43. The Kier molecular flexibility index (Phi) is 7.44. The van der Waals surface area contributed by atoms with E-state index in [1.807, 2.05) is 25.1 Å². The number of anilines is 1. The first-order chi connectivity index (χ1) is 18.3. The summed E-state index contributed by atoms with van der Waals surface area (Å²) in [6, 6.07) is 16.9. The number of nitrogens with one attached hydrogen (secondary N) is 1. The van der Waals surface area contributed by atoms with Gasteiger partial charge in [0.05, 0.1) is 18.2 Å². The van der Waals surface area contributed by atoms with E-state index >= 15 is 0 Å². The van der Waals surface area contributed by atoms with Crippen LogP contribution in [0.5, 0.6) is 5.75 Å². The first-order valence-corrected chi connectivity index (χ1v) is 13.7. The molecule has 0 radical (unpaired) electrons. The zero-order valence-corrected chi connectivity index (χ0v) is 23.3. The van der Waals surface area contributed by atoms with Crippen molar-refractivity contribution >= 4 is 11.8 Å². The van der Waals surface area contributed by atoms with E-state index in [4.69, 9.17) is 14.5 Å². The van der Waals surface area contributed by atoms with Crippen LogP contribution >= 0.6 is 0 Å². The van der Waals surface area contributed by atoms with Crippen LogP contribution in [0.4, 0.5) is 5.82 Å². The molecule has 0 saturated carbocycles. The van der Waals surface area contributed by atoms with Crippen LogP contribution in [-0.4, -0.2) is 44.2 Å². The largest absolute Gasteiger partial charge is 0.488 e. The Morgan fingerprint density at radius 2 is 1.89 bits per heavy atom. The maximum absolute atomic E-state index is 12.5. The van der Waals surface area contributed by atoms with Gasteiger partial charge in [0.25, 0.3) is 0 Å². The Hall–Kier alpha value is -3.38. The van der Waals surface area contributed by atoms with Crippen molar-refractivity contribution in [2.75, 3.05) is 38.2 Å². The monoisotopic (exact) mass is 513 g/mol. The molecule has 5 rings (SSSR count). The van der Waals surface area contributed by atoms with Crippen molar-refractivity contribution in [2.45, 2.75) is 47.1 Å². The number of esters is 1. The highest BCUT2D eigenvalue weighted by molar-refractivity contribution is 5.79. The van der Waals surface area contributed by atoms with E-state index in [2.05, 4.69) is 61.3 Å². The fraction of sp³-hybridized carbons (Fsp3) is 0.438. The standard InChI is InChI=1S/C32H39N3O3/c1-21-8-6-9-27(30(21)38-19-24-16-22(2)26-13-15-33-14-12-25(26)17-24)28-10-7-11-29(34-28)35-18-23(3)32(4,20-35)31(36)37-5/h6-11,16-17,23,33H,12-15,18-20H2,1-5H3/t23-,32-/m0/s1. The normalized spacial score (nSPS) is 21.1. The molecule has 38 heavy (non-hydrogen) atoms. The predicted octanol–water partition coefficient (Wildman–Crippen LogP) is 5.27. The topological polar surface area (TPSA) is 63.7 Å². The molecule has 1 fully saturated rings. The third-order valence-electron chi connectivity index (χ3n) is 8.43. The van der Waals surface area contributed by atoms with E-state index in [-0.39, 0.29) is 11.9 Å². The number of aryl methyl sites for hydroxylation is 2. The van der Waals surface area contributed by atoms with Gasteiger partial charge in [0, 0.05) is 18.7 Å². The number of para-hydroxylation sites is 1. The van der Waals surface area contributed by atoms with Crippen molar-refractivity contribution < 1.29 is 14.3 Å². The van der Waals surface area contributed by atoms with Crippen LogP contribution in [0.15, 0.2) is 48.5 Å². The summed E-state index contributed by atoms with van der Waals surface area (Å²) < 4.78 is 11.6. The summed E-state index contributed by atoms with van der Waals surface area (Å²) in [6.07, 6.45) is 2.14. The van der Waals surface area contributed by atoms with Gasteiger partial charge in [-0.1, -0.05) is 37.3 Å². The van der Waals surface area contributed by atoms with Crippen molar-refractivity contribution in [3.63, 3.8) is 0 Å². The predicted molar refractivity (Wildman–Crippen MR) is 152 cm³/mol. The van der Waals surface area contributed by atoms with Crippen molar-refractivity contribution in [1.82, 2.24) is 10.3 Å². The van der Waals surface area contributed by atoms with Crippen molar-refractivity contribution in [3.8, 4) is 17.0 Å². The molecule has 0 unspecified atom stereocenters. The molecule has 1 aromatic heterocycles. The molecule has 0 amide bonds. The van der Waals surface area contributed by atoms with E-state index in [1.54, 1.807) is 0 Å². The molecule has 2 aromatic carbocycles. The number of hydrogen-bond acceptors (Lipinski definition) is 6. The van der Waals surface area contributed by atoms with Gasteiger partial charge < -0.3 is 19.7 Å². The van der Waals surface area contributed by atoms with E-state index in [9.17, 15) is 4.79 Å². The van der Waals surface area contributed by atoms with Crippen molar-refractivity contribution in [3.05, 3.63) is 76.3 Å². The smallest absolute Gasteiger partial charge is 0.313 e. The Labute approximate surface area is 226 Å². The fourth-order valence-corrected chi connectivity index (χ4v) is 5.97. The molecule has 6 heteroatoms. The summed E-state index contributed by atoms with van der Waals surface area (Å²) in [5.74, 6) is 1.73. The summed E-state index contributed by atoms with van der Waals surface area (Å²) in [7, 11) is 1.46. The summed E-state index contributed by atoms with van der Waals surface area (Å²) in [5, 5.41) is 3.51. The lowest BCUT2D eigenvalue weighted by atomic mass is 9.81. The molecular formula is C32H39N3O3. The van der Waals surface area contributed by atoms with Crippen molar-refractivity contribution in [1.29, 1.82) is 0 Å². The average molecular weight is 514 g/mol. The minimum absolute atomic E-state index is 0.165. The highest BCUT2D eigenvalue weighted by Crippen LogP contribution is 2.39. The van der Waals surface area contributed by atoms with Crippen LogP contribution < -0.4 is 15.0 Å². The number of fused-ring (bicyclic) bond motifs is 1. The van der Waals surface area contributed by atoms with Crippen LogP contribution in [-0.2, 0) is 29.0 Å². The van der Waals surface area contributed by atoms with Crippen molar-refractivity contribution in [2.24, 2.45) is 11.3 Å². The SMILES string of the molecule is COC(=O)[C@@]1(C)CN(c2cccc(-c3cccc(C)c3OCc3cc(C)c4c(c3)CCNCC4)n2)C[C@@H]1C. The summed E-state index contributed by atoms with van der Waals surface area (Å²) in [6.45, 7) is 12.3. The summed E-state index contributed by atoms with van der Waals surface area (Å²) in [5.41, 5.74) is 7.85. The molecule has 1 saturated heterocycles. The number of carbonyl (C=O) groups is 1. The van der Waals surface area contributed by atoms with Gasteiger partial charge in [-0.2, -0.15) is 0 Å². The molecule has 0 aliphatic carbocycles. The molecule has 200 valence electrons. The Bertz CT molecular complexity index is 1340. The number of pyridine rings is 1. The Balaban J connectivity index is 1.40. The molecule has 1 N–H and O–H groups in total. The zero-order chi connectivity index (χ0) is 26.9. The molecule has 2 aliphatic heterocycles. The highest BCUT2D eigenvalue weighted by Gasteiger charge is 2.47. The van der Waals surface area contributed by atoms with Gasteiger partial charge in [-0.05, 0) is 98.6 Å². The summed E-state index contributed by atoms with van der Waals surface area (Å²) in [4.78, 5) is 19.7. The van der Waals surface area contributed by atoms with Crippen LogP contribution in [0.3, 0.4) is 0 Å². The molecule has 6 nitrogen and oxygen atoms in total. The molecule has 3 heterocycles. The van der Waals surface area contributed by atoms with Gasteiger partial charge in [-0.15, -0.1) is 0 Å². The van der Waals surface area contributed by atoms with Gasteiger partial charge >= 0.3 is 5.97 Å². The average Bonchev–Trinajstić information content (AvgIpc) is 3.07. The number of nitrogens with zero attached hydrogens (tertiary/aromatic N) is 2. The molecule has 0 bridgehead atoms. The van der Waals surface area contributed by atoms with Crippen LogP contribution in [0.25, 0.3) is 11.3 Å². The minimum atomic E-state index is -0.549.